The third-order valence-corrected chi connectivity index (χ3v) is 5.82. The molecule has 0 fully saturated rings. The van der Waals surface area contributed by atoms with Gasteiger partial charge in [0.05, 0.1) is 5.69 Å². The SMILES string of the molecule is Cc1nc(COc2ccc(C(C)(C)C)cc2)sc1C(=O)Nc1cc(Cl)cc(Cl)c1. The zero-order chi connectivity index (χ0) is 21.2. The second-order valence-corrected chi connectivity index (χ2v) is 9.65. The van der Waals surface area contributed by atoms with Crippen molar-refractivity contribution in [2.45, 2.75) is 39.7 Å². The highest BCUT2D eigenvalue weighted by molar-refractivity contribution is 7.13. The van der Waals surface area contributed by atoms with Crippen LogP contribution in [0.4, 0.5) is 5.69 Å². The normalized spacial score (nSPS) is 11.4. The van der Waals surface area contributed by atoms with Gasteiger partial charge in [-0.3, -0.25) is 4.79 Å². The molecule has 4 nitrogen and oxygen atoms in total. The Morgan fingerprint density at radius 2 is 1.72 bits per heavy atom. The number of ether oxygens (including phenoxy) is 1. The summed E-state index contributed by atoms with van der Waals surface area (Å²) in [6.45, 7) is 8.62. The van der Waals surface area contributed by atoms with Crippen LogP contribution in [0.2, 0.25) is 10.0 Å². The van der Waals surface area contributed by atoms with Crippen LogP contribution in [-0.2, 0) is 12.0 Å². The molecule has 0 aliphatic rings. The van der Waals surface area contributed by atoms with Gasteiger partial charge in [-0.1, -0.05) is 56.1 Å². The average Bonchev–Trinajstić information content (AvgIpc) is 2.99. The lowest BCUT2D eigenvalue weighted by Crippen LogP contribution is -2.11. The molecule has 152 valence electrons. The molecule has 29 heavy (non-hydrogen) atoms. The summed E-state index contributed by atoms with van der Waals surface area (Å²) in [6, 6.07) is 12.9. The van der Waals surface area contributed by atoms with Crippen molar-refractivity contribution in [3.8, 4) is 5.75 Å². The fourth-order valence-corrected chi connectivity index (χ4v) is 4.13. The Balaban J connectivity index is 1.66. The topological polar surface area (TPSA) is 51.2 Å². The number of carbonyl (C=O) groups excluding carboxylic acids is 1. The van der Waals surface area contributed by atoms with Gasteiger partial charge in [-0.25, -0.2) is 4.98 Å². The maximum atomic E-state index is 12.6. The van der Waals surface area contributed by atoms with Crippen LogP contribution in [0.5, 0.6) is 5.75 Å². The highest BCUT2D eigenvalue weighted by Crippen LogP contribution is 2.27. The van der Waals surface area contributed by atoms with Crippen LogP contribution in [0.25, 0.3) is 0 Å². The van der Waals surface area contributed by atoms with E-state index in [0.29, 0.717) is 32.9 Å². The lowest BCUT2D eigenvalue weighted by atomic mass is 9.87. The number of nitrogens with one attached hydrogen (secondary N) is 1. The number of thiazole rings is 1. The van der Waals surface area contributed by atoms with Crippen molar-refractivity contribution in [2.24, 2.45) is 0 Å². The van der Waals surface area contributed by atoms with Crippen molar-refractivity contribution in [2.75, 3.05) is 5.32 Å². The van der Waals surface area contributed by atoms with Crippen LogP contribution < -0.4 is 10.1 Å². The Labute approximate surface area is 184 Å². The minimum Gasteiger partial charge on any atom is -0.486 e. The van der Waals surface area contributed by atoms with E-state index in [1.807, 2.05) is 12.1 Å². The standard InChI is InChI=1S/C22H22Cl2N2O2S/c1-13-20(21(27)26-17-10-15(23)9-16(24)11-17)29-19(25-13)12-28-18-7-5-14(6-8-18)22(2,3)4/h5-11H,12H2,1-4H3,(H,26,27). The molecule has 0 aliphatic heterocycles. The molecule has 7 heteroatoms. The molecule has 1 N–H and O–H groups in total. The Morgan fingerprint density at radius 3 is 2.31 bits per heavy atom. The van der Waals surface area contributed by atoms with Crippen molar-refractivity contribution < 1.29 is 9.53 Å². The van der Waals surface area contributed by atoms with Crippen LogP contribution in [0.3, 0.4) is 0 Å². The van der Waals surface area contributed by atoms with E-state index >= 15 is 0 Å². The molecule has 3 aromatic rings. The van der Waals surface area contributed by atoms with Gasteiger partial charge in [0.25, 0.3) is 5.91 Å². The van der Waals surface area contributed by atoms with Crippen LogP contribution in [0, 0.1) is 6.92 Å². The van der Waals surface area contributed by atoms with E-state index in [4.69, 9.17) is 27.9 Å². The smallest absolute Gasteiger partial charge is 0.267 e. The van der Waals surface area contributed by atoms with Crippen LogP contribution in [0.15, 0.2) is 42.5 Å². The number of aromatic nitrogens is 1. The first-order chi connectivity index (χ1) is 13.6. The average molecular weight is 449 g/mol. The second kappa shape index (κ2) is 8.74. The third-order valence-electron chi connectivity index (χ3n) is 4.25. The zero-order valence-electron chi connectivity index (χ0n) is 16.7. The summed E-state index contributed by atoms with van der Waals surface area (Å²) >= 11 is 13.3. The van der Waals surface area contributed by atoms with Crippen LogP contribution in [-0.4, -0.2) is 10.9 Å². The summed E-state index contributed by atoms with van der Waals surface area (Å²) in [6.07, 6.45) is 0. The van der Waals surface area contributed by atoms with Gasteiger partial charge in [-0.2, -0.15) is 0 Å². The van der Waals surface area contributed by atoms with Crippen molar-refractivity contribution in [3.05, 3.63) is 73.7 Å². The molecule has 0 aliphatic carbocycles. The van der Waals surface area contributed by atoms with Gasteiger partial charge in [-0.05, 0) is 48.2 Å². The van der Waals surface area contributed by atoms with Gasteiger partial charge in [0.2, 0.25) is 0 Å². The molecule has 0 saturated heterocycles. The van der Waals surface area contributed by atoms with Crippen LogP contribution in [0.1, 0.15) is 46.7 Å². The molecule has 2 aromatic carbocycles. The summed E-state index contributed by atoms with van der Waals surface area (Å²) in [4.78, 5) is 17.6. The van der Waals surface area contributed by atoms with Crippen molar-refractivity contribution in [1.29, 1.82) is 0 Å². The number of amides is 1. The molecule has 3 rings (SSSR count). The van der Waals surface area contributed by atoms with Gasteiger partial charge in [-0.15, -0.1) is 11.3 Å². The number of nitrogens with zero attached hydrogens (tertiary/aromatic N) is 1. The van der Waals surface area contributed by atoms with E-state index in [0.717, 1.165) is 10.8 Å². The van der Waals surface area contributed by atoms with Gasteiger partial charge in [0.15, 0.2) is 0 Å². The fraction of sp³-hybridized carbons (Fsp3) is 0.273. The summed E-state index contributed by atoms with van der Waals surface area (Å²) in [5, 5.41) is 4.46. The lowest BCUT2D eigenvalue weighted by Gasteiger charge is -2.19. The molecular formula is C22H22Cl2N2O2S. The predicted octanol–water partition coefficient (Wildman–Crippen LogP) is 6.89. The molecule has 0 unspecified atom stereocenters. The van der Waals surface area contributed by atoms with Crippen LogP contribution >= 0.6 is 34.5 Å². The van der Waals surface area contributed by atoms with Gasteiger partial charge in [0, 0.05) is 15.7 Å². The molecule has 1 amide bonds. The maximum absolute atomic E-state index is 12.6. The Kier molecular flexibility index (Phi) is 6.52. The minimum atomic E-state index is -0.251. The molecule has 0 bridgehead atoms. The summed E-state index contributed by atoms with van der Waals surface area (Å²) in [5.74, 6) is 0.518. The monoisotopic (exact) mass is 448 g/mol. The predicted molar refractivity (Wildman–Crippen MR) is 121 cm³/mol. The highest BCUT2D eigenvalue weighted by atomic mass is 35.5. The number of benzene rings is 2. The van der Waals surface area contributed by atoms with E-state index in [1.54, 1.807) is 25.1 Å². The first-order valence-electron chi connectivity index (χ1n) is 9.09. The molecule has 0 saturated carbocycles. The molecule has 0 spiro atoms. The van der Waals surface area contributed by atoms with Crippen molar-refractivity contribution >= 4 is 46.1 Å². The molecular weight excluding hydrogens is 427 g/mol. The molecule has 1 heterocycles. The quantitative estimate of drug-likeness (QED) is 0.462. The van der Waals surface area contributed by atoms with Crippen molar-refractivity contribution in [1.82, 2.24) is 4.98 Å². The highest BCUT2D eigenvalue weighted by Gasteiger charge is 2.17. The van der Waals surface area contributed by atoms with E-state index in [2.05, 4.69) is 43.2 Å². The van der Waals surface area contributed by atoms with Gasteiger partial charge < -0.3 is 10.1 Å². The van der Waals surface area contributed by atoms with E-state index in [-0.39, 0.29) is 11.3 Å². The zero-order valence-corrected chi connectivity index (χ0v) is 19.0. The fourth-order valence-electron chi connectivity index (χ4n) is 2.73. The molecule has 1 aromatic heterocycles. The van der Waals surface area contributed by atoms with E-state index < -0.39 is 0 Å². The Hall–Kier alpha value is -2.08. The third kappa shape index (κ3) is 5.72. The van der Waals surface area contributed by atoms with Gasteiger partial charge >= 0.3 is 0 Å². The number of hydrogen-bond donors (Lipinski definition) is 1. The van der Waals surface area contributed by atoms with E-state index in [9.17, 15) is 4.79 Å². The molecule has 0 radical (unpaired) electrons. The number of hydrogen-bond acceptors (Lipinski definition) is 4. The first kappa shape index (κ1) is 21.6. The lowest BCUT2D eigenvalue weighted by molar-refractivity contribution is 0.103. The van der Waals surface area contributed by atoms with Gasteiger partial charge in [0.1, 0.15) is 22.2 Å². The minimum absolute atomic E-state index is 0.0976. The van der Waals surface area contributed by atoms with E-state index in [1.165, 1.54) is 16.9 Å². The summed E-state index contributed by atoms with van der Waals surface area (Å²) in [5.41, 5.74) is 2.54. The summed E-state index contributed by atoms with van der Waals surface area (Å²) < 4.78 is 5.84. The maximum Gasteiger partial charge on any atom is 0.267 e. The Morgan fingerprint density at radius 1 is 1.10 bits per heavy atom. The molecule has 0 atom stereocenters. The number of rotatable bonds is 5. The largest absolute Gasteiger partial charge is 0.486 e. The number of aryl methyl sites for hydroxylation is 1. The number of anilines is 1. The second-order valence-electron chi connectivity index (χ2n) is 7.70. The summed E-state index contributed by atoms with van der Waals surface area (Å²) in [7, 11) is 0. The van der Waals surface area contributed by atoms with Crippen molar-refractivity contribution in [3.63, 3.8) is 0 Å². The Bertz CT molecular complexity index is 1000. The number of halogens is 2. The first-order valence-corrected chi connectivity index (χ1v) is 10.7. The number of carbonyl (C=O) groups is 1.